The lowest BCUT2D eigenvalue weighted by Crippen LogP contribution is -2.42. The van der Waals surface area contributed by atoms with Crippen molar-refractivity contribution in [3.05, 3.63) is 11.1 Å². The van der Waals surface area contributed by atoms with E-state index < -0.39 is 0 Å². The molecule has 3 nitrogen and oxygen atoms in total. The Kier molecular flexibility index (Phi) is 4.08. The molecule has 1 aromatic heterocycles. The van der Waals surface area contributed by atoms with Gasteiger partial charge in [-0.05, 0) is 33.1 Å². The van der Waals surface area contributed by atoms with Gasteiger partial charge in [-0.15, -0.1) is 11.3 Å². The second-order valence-electron chi connectivity index (χ2n) is 4.72. The third-order valence-corrected chi connectivity index (χ3v) is 4.91. The van der Waals surface area contributed by atoms with Gasteiger partial charge in [0.25, 0.3) is 0 Å². The van der Waals surface area contributed by atoms with Crippen LogP contribution in [0.4, 0.5) is 0 Å². The fraction of sp³-hybridized carbons (Fsp3) is 0.667. The first kappa shape index (κ1) is 12.9. The maximum Gasteiger partial charge on any atom is 0.150 e. The fourth-order valence-electron chi connectivity index (χ4n) is 1.58. The quantitative estimate of drug-likeness (QED) is 0.805. The predicted molar refractivity (Wildman–Crippen MR) is 72.4 cm³/mol. The summed E-state index contributed by atoms with van der Waals surface area (Å²) in [6.45, 7) is 4.01. The molecule has 1 saturated carbocycles. The minimum Gasteiger partial charge on any atom is -0.297 e. The SMILES string of the molecule is Cc1csc(SCCC(C)(C#N)NC2CC2)n1. The topological polar surface area (TPSA) is 48.7 Å². The number of nitrogens with one attached hydrogen (secondary N) is 1. The molecule has 92 valence electrons. The number of thiazole rings is 1. The molecule has 0 spiro atoms. The molecule has 1 fully saturated rings. The molecule has 0 aliphatic heterocycles. The van der Waals surface area contributed by atoms with Crippen molar-refractivity contribution in [2.45, 2.75) is 49.0 Å². The molecule has 0 bridgehead atoms. The summed E-state index contributed by atoms with van der Waals surface area (Å²) in [4.78, 5) is 4.41. The first-order chi connectivity index (χ1) is 8.11. The lowest BCUT2D eigenvalue weighted by Gasteiger charge is -2.22. The van der Waals surface area contributed by atoms with E-state index in [0.29, 0.717) is 6.04 Å². The highest BCUT2D eigenvalue weighted by atomic mass is 32.2. The zero-order valence-electron chi connectivity index (χ0n) is 10.2. The number of nitrogens with zero attached hydrogens (tertiary/aromatic N) is 2. The van der Waals surface area contributed by atoms with Crippen molar-refractivity contribution in [3.63, 3.8) is 0 Å². The minimum absolute atomic E-state index is 0.375. The van der Waals surface area contributed by atoms with Gasteiger partial charge >= 0.3 is 0 Å². The van der Waals surface area contributed by atoms with Gasteiger partial charge in [-0.2, -0.15) is 5.26 Å². The summed E-state index contributed by atoms with van der Waals surface area (Å²) in [5, 5.41) is 14.7. The van der Waals surface area contributed by atoms with Gasteiger partial charge in [-0.25, -0.2) is 4.98 Å². The van der Waals surface area contributed by atoms with Crippen LogP contribution >= 0.6 is 23.1 Å². The zero-order valence-corrected chi connectivity index (χ0v) is 11.8. The normalized spacial score (nSPS) is 18.6. The first-order valence-electron chi connectivity index (χ1n) is 5.85. The highest BCUT2D eigenvalue weighted by molar-refractivity contribution is 8.01. The van der Waals surface area contributed by atoms with E-state index in [9.17, 15) is 5.26 Å². The Morgan fingerprint density at radius 2 is 2.47 bits per heavy atom. The van der Waals surface area contributed by atoms with E-state index in [0.717, 1.165) is 22.2 Å². The lowest BCUT2D eigenvalue weighted by molar-refractivity contribution is 0.434. The van der Waals surface area contributed by atoms with Crippen molar-refractivity contribution in [1.29, 1.82) is 5.26 Å². The Morgan fingerprint density at radius 1 is 1.71 bits per heavy atom. The molecule has 1 N–H and O–H groups in total. The van der Waals surface area contributed by atoms with Crippen LogP contribution in [0.2, 0.25) is 0 Å². The molecule has 0 radical (unpaired) electrons. The molecule has 0 amide bonds. The van der Waals surface area contributed by atoms with Crippen molar-refractivity contribution in [2.24, 2.45) is 0 Å². The minimum atomic E-state index is -0.375. The maximum atomic E-state index is 9.23. The molecule has 1 aliphatic rings. The number of rotatable bonds is 6. The summed E-state index contributed by atoms with van der Waals surface area (Å²) >= 11 is 3.43. The Morgan fingerprint density at radius 3 is 3.00 bits per heavy atom. The van der Waals surface area contributed by atoms with Gasteiger partial charge in [0.05, 0.1) is 6.07 Å². The van der Waals surface area contributed by atoms with Gasteiger partial charge in [0.15, 0.2) is 0 Å². The number of hydrogen-bond acceptors (Lipinski definition) is 5. The molecule has 1 heterocycles. The highest BCUT2D eigenvalue weighted by Gasteiger charge is 2.32. The molecule has 1 atom stereocenters. The highest BCUT2D eigenvalue weighted by Crippen LogP contribution is 2.27. The molecule has 1 aromatic rings. The van der Waals surface area contributed by atoms with E-state index in [2.05, 4.69) is 21.8 Å². The summed E-state index contributed by atoms with van der Waals surface area (Å²) in [7, 11) is 0. The van der Waals surface area contributed by atoms with Crippen molar-refractivity contribution in [2.75, 3.05) is 5.75 Å². The number of aryl methyl sites for hydroxylation is 1. The van der Waals surface area contributed by atoms with Gasteiger partial charge in [-0.1, -0.05) is 11.8 Å². The Balaban J connectivity index is 1.77. The number of aromatic nitrogens is 1. The van der Waals surface area contributed by atoms with Gasteiger partial charge < -0.3 is 0 Å². The van der Waals surface area contributed by atoms with Crippen LogP contribution < -0.4 is 5.32 Å². The van der Waals surface area contributed by atoms with Crippen LogP contribution in [0.15, 0.2) is 9.72 Å². The van der Waals surface area contributed by atoms with Crippen molar-refractivity contribution in [1.82, 2.24) is 10.3 Å². The largest absolute Gasteiger partial charge is 0.297 e. The van der Waals surface area contributed by atoms with Gasteiger partial charge in [0.1, 0.15) is 9.88 Å². The Hall–Kier alpha value is -0.570. The van der Waals surface area contributed by atoms with Gasteiger partial charge in [0.2, 0.25) is 0 Å². The second-order valence-corrected chi connectivity index (χ2v) is 6.92. The Bertz CT molecular complexity index is 420. The summed E-state index contributed by atoms with van der Waals surface area (Å²) < 4.78 is 1.11. The summed E-state index contributed by atoms with van der Waals surface area (Å²) in [5.41, 5.74) is 0.706. The van der Waals surface area contributed by atoms with E-state index in [4.69, 9.17) is 0 Å². The van der Waals surface area contributed by atoms with Crippen LogP contribution in [0.3, 0.4) is 0 Å². The maximum absolute atomic E-state index is 9.23. The second kappa shape index (κ2) is 5.38. The average molecular weight is 267 g/mol. The zero-order chi connectivity index (χ0) is 12.3. The number of nitriles is 1. The van der Waals surface area contributed by atoms with Crippen LogP contribution in [-0.2, 0) is 0 Å². The molecule has 1 aliphatic carbocycles. The first-order valence-corrected chi connectivity index (χ1v) is 7.72. The molecule has 2 rings (SSSR count). The van der Waals surface area contributed by atoms with Gasteiger partial charge in [-0.3, -0.25) is 5.32 Å². The van der Waals surface area contributed by atoms with Gasteiger partial charge in [0, 0.05) is 22.9 Å². The van der Waals surface area contributed by atoms with E-state index in [1.165, 1.54) is 12.8 Å². The van der Waals surface area contributed by atoms with Crippen LogP contribution in [0, 0.1) is 18.3 Å². The Labute approximate surface area is 111 Å². The fourth-order valence-corrected chi connectivity index (χ4v) is 3.66. The standard InChI is InChI=1S/C12H17N3S2/c1-9-7-17-11(14-9)16-6-5-12(2,8-13)15-10-3-4-10/h7,10,15H,3-6H2,1-2H3. The van der Waals surface area contributed by atoms with E-state index in [-0.39, 0.29) is 5.54 Å². The van der Waals surface area contributed by atoms with Crippen LogP contribution in [0.5, 0.6) is 0 Å². The summed E-state index contributed by atoms with van der Waals surface area (Å²) in [6, 6.07) is 2.98. The predicted octanol–water partition coefficient (Wildman–Crippen LogP) is 2.97. The number of thioether (sulfide) groups is 1. The van der Waals surface area contributed by atoms with Crippen LogP contribution in [0.1, 0.15) is 31.9 Å². The average Bonchev–Trinajstić information content (AvgIpc) is 3.00. The van der Waals surface area contributed by atoms with E-state index >= 15 is 0 Å². The lowest BCUT2D eigenvalue weighted by atomic mass is 10.0. The molecular formula is C12H17N3S2. The van der Waals surface area contributed by atoms with Crippen molar-refractivity contribution in [3.8, 4) is 6.07 Å². The molecule has 0 saturated heterocycles. The smallest absolute Gasteiger partial charge is 0.150 e. The molecule has 5 heteroatoms. The third kappa shape index (κ3) is 3.98. The van der Waals surface area contributed by atoms with E-state index in [1.807, 2.05) is 13.8 Å². The summed E-state index contributed by atoms with van der Waals surface area (Å²) in [6.07, 6.45) is 3.30. The van der Waals surface area contributed by atoms with Crippen molar-refractivity contribution >= 4 is 23.1 Å². The van der Waals surface area contributed by atoms with Crippen molar-refractivity contribution < 1.29 is 0 Å². The third-order valence-electron chi connectivity index (χ3n) is 2.77. The molecular weight excluding hydrogens is 250 g/mol. The molecule has 17 heavy (non-hydrogen) atoms. The van der Waals surface area contributed by atoms with Crippen LogP contribution in [0.25, 0.3) is 0 Å². The van der Waals surface area contributed by atoms with E-state index in [1.54, 1.807) is 23.1 Å². The number of hydrogen-bond donors (Lipinski definition) is 1. The monoisotopic (exact) mass is 267 g/mol. The molecule has 0 aromatic carbocycles. The van der Waals surface area contributed by atoms with Crippen LogP contribution in [-0.4, -0.2) is 22.3 Å². The summed E-state index contributed by atoms with van der Waals surface area (Å²) in [5.74, 6) is 0.941. The molecule has 1 unspecified atom stereocenters.